The van der Waals surface area contributed by atoms with Crippen LogP contribution in [0.1, 0.15) is 17.3 Å². The van der Waals surface area contributed by atoms with Crippen molar-refractivity contribution in [3.63, 3.8) is 0 Å². The summed E-state index contributed by atoms with van der Waals surface area (Å²) in [6, 6.07) is 12.8. The van der Waals surface area contributed by atoms with Gasteiger partial charge in [0.15, 0.2) is 5.78 Å². The van der Waals surface area contributed by atoms with Gasteiger partial charge in [0.05, 0.1) is 3.57 Å². The molecule has 0 heterocycles. The summed E-state index contributed by atoms with van der Waals surface area (Å²) in [5.74, 6) is 1.35. The number of para-hydroxylation sites is 1. The highest BCUT2D eigenvalue weighted by Crippen LogP contribution is 2.28. The molecule has 2 rings (SSSR count). The maximum absolute atomic E-state index is 11.3. The minimum absolute atomic E-state index is 0.0478. The first-order valence-corrected chi connectivity index (χ1v) is 6.48. The van der Waals surface area contributed by atoms with E-state index in [-0.39, 0.29) is 5.78 Å². The molecule has 4 heteroatoms. The fraction of sp³-hybridized carbons (Fsp3) is 0.0714. The van der Waals surface area contributed by atoms with E-state index in [2.05, 4.69) is 22.6 Å². The van der Waals surface area contributed by atoms with E-state index in [0.29, 0.717) is 17.0 Å². The molecule has 0 radical (unpaired) electrons. The van der Waals surface area contributed by atoms with Gasteiger partial charge < -0.3 is 10.5 Å². The van der Waals surface area contributed by atoms with Crippen LogP contribution >= 0.6 is 22.6 Å². The number of ether oxygens (including phenoxy) is 1. The monoisotopic (exact) mass is 353 g/mol. The van der Waals surface area contributed by atoms with E-state index in [4.69, 9.17) is 10.5 Å². The lowest BCUT2D eigenvalue weighted by Crippen LogP contribution is -1.99. The van der Waals surface area contributed by atoms with Crippen LogP contribution in [-0.2, 0) is 0 Å². The van der Waals surface area contributed by atoms with Gasteiger partial charge in [0.25, 0.3) is 0 Å². The first kappa shape index (κ1) is 12.9. The van der Waals surface area contributed by atoms with E-state index in [0.717, 1.165) is 9.32 Å². The molecule has 0 bridgehead atoms. The molecular formula is C14H12INO2. The van der Waals surface area contributed by atoms with Crippen molar-refractivity contribution in [2.24, 2.45) is 0 Å². The molecule has 0 amide bonds. The first-order chi connectivity index (χ1) is 8.58. The van der Waals surface area contributed by atoms with Crippen LogP contribution in [0.25, 0.3) is 0 Å². The van der Waals surface area contributed by atoms with Gasteiger partial charge in [-0.3, -0.25) is 4.79 Å². The van der Waals surface area contributed by atoms with Crippen molar-refractivity contribution < 1.29 is 9.53 Å². The zero-order valence-corrected chi connectivity index (χ0v) is 12.0. The number of anilines is 1. The molecule has 0 aliphatic rings. The van der Waals surface area contributed by atoms with Gasteiger partial charge >= 0.3 is 0 Å². The van der Waals surface area contributed by atoms with Crippen molar-refractivity contribution >= 4 is 34.1 Å². The van der Waals surface area contributed by atoms with E-state index in [1.165, 1.54) is 6.92 Å². The summed E-state index contributed by atoms with van der Waals surface area (Å²) in [4.78, 5) is 11.3. The first-order valence-electron chi connectivity index (χ1n) is 5.41. The minimum atomic E-state index is -0.0478. The van der Waals surface area contributed by atoms with Crippen LogP contribution in [0.15, 0.2) is 42.5 Å². The summed E-state index contributed by atoms with van der Waals surface area (Å²) in [6.45, 7) is 1.49. The normalized spacial score (nSPS) is 10.1. The highest BCUT2D eigenvalue weighted by molar-refractivity contribution is 14.1. The number of benzene rings is 2. The third-order valence-corrected chi connectivity index (χ3v) is 3.36. The Morgan fingerprint density at radius 2 is 1.94 bits per heavy atom. The smallest absolute Gasteiger partial charge is 0.161 e. The molecule has 2 N–H and O–H groups in total. The average molecular weight is 353 g/mol. The standard InChI is InChI=1S/C14H12INO2/c1-9(17)11-7-6-10(8-13(11)16)18-14-5-3-2-4-12(14)15/h2-8H,16H2,1H3. The number of ketones is 1. The summed E-state index contributed by atoms with van der Waals surface area (Å²) in [6.07, 6.45) is 0. The summed E-state index contributed by atoms with van der Waals surface area (Å²) in [5.41, 5.74) is 6.77. The van der Waals surface area contributed by atoms with Crippen LogP contribution in [0.3, 0.4) is 0 Å². The van der Waals surface area contributed by atoms with Crippen molar-refractivity contribution in [2.45, 2.75) is 6.92 Å². The maximum atomic E-state index is 11.3. The summed E-state index contributed by atoms with van der Waals surface area (Å²) >= 11 is 2.20. The second-order valence-corrected chi connectivity index (χ2v) is 5.00. The minimum Gasteiger partial charge on any atom is -0.456 e. The highest BCUT2D eigenvalue weighted by atomic mass is 127. The topological polar surface area (TPSA) is 52.3 Å². The quantitative estimate of drug-likeness (QED) is 0.518. The van der Waals surface area contributed by atoms with Crippen molar-refractivity contribution in [3.05, 3.63) is 51.6 Å². The van der Waals surface area contributed by atoms with Crippen molar-refractivity contribution in [1.29, 1.82) is 0 Å². The van der Waals surface area contributed by atoms with Crippen molar-refractivity contribution in [3.8, 4) is 11.5 Å². The third kappa shape index (κ3) is 2.81. The molecule has 0 spiro atoms. The van der Waals surface area contributed by atoms with Gasteiger partial charge in [0.1, 0.15) is 11.5 Å². The molecule has 3 nitrogen and oxygen atoms in total. The molecule has 0 aromatic heterocycles. The Morgan fingerprint density at radius 1 is 1.22 bits per heavy atom. The molecule has 2 aromatic rings. The number of nitrogen functional groups attached to an aromatic ring is 1. The lowest BCUT2D eigenvalue weighted by Gasteiger charge is -2.09. The number of nitrogens with two attached hydrogens (primary N) is 1. The van der Waals surface area contributed by atoms with Crippen LogP contribution in [0, 0.1) is 3.57 Å². The molecule has 0 aliphatic heterocycles. The van der Waals surface area contributed by atoms with Gasteiger partial charge in [-0.2, -0.15) is 0 Å². The molecule has 0 aliphatic carbocycles. The van der Waals surface area contributed by atoms with Gasteiger partial charge in [0, 0.05) is 17.3 Å². The Morgan fingerprint density at radius 3 is 2.56 bits per heavy atom. The number of hydrogen-bond donors (Lipinski definition) is 1. The van der Waals surface area contributed by atoms with E-state index in [1.54, 1.807) is 18.2 Å². The summed E-state index contributed by atoms with van der Waals surface area (Å²) in [7, 11) is 0. The summed E-state index contributed by atoms with van der Waals surface area (Å²) in [5, 5.41) is 0. The molecular weight excluding hydrogens is 341 g/mol. The maximum Gasteiger partial charge on any atom is 0.161 e. The second-order valence-electron chi connectivity index (χ2n) is 3.84. The number of carbonyl (C=O) groups excluding carboxylic acids is 1. The van der Waals surface area contributed by atoms with Crippen molar-refractivity contribution in [1.82, 2.24) is 0 Å². The van der Waals surface area contributed by atoms with E-state index >= 15 is 0 Å². The molecule has 0 atom stereocenters. The molecule has 0 saturated heterocycles. The number of halogens is 1. The van der Waals surface area contributed by atoms with Gasteiger partial charge in [-0.05, 0) is 53.8 Å². The fourth-order valence-electron chi connectivity index (χ4n) is 1.58. The zero-order valence-electron chi connectivity index (χ0n) is 9.81. The van der Waals surface area contributed by atoms with E-state index in [1.807, 2.05) is 24.3 Å². The summed E-state index contributed by atoms with van der Waals surface area (Å²) < 4.78 is 6.74. The van der Waals surface area contributed by atoms with E-state index < -0.39 is 0 Å². The van der Waals surface area contributed by atoms with Crippen LogP contribution in [0.2, 0.25) is 0 Å². The predicted molar refractivity (Wildman–Crippen MR) is 80.1 cm³/mol. The Kier molecular flexibility index (Phi) is 3.86. The molecule has 0 saturated carbocycles. The number of carbonyl (C=O) groups is 1. The van der Waals surface area contributed by atoms with Crippen LogP contribution in [-0.4, -0.2) is 5.78 Å². The van der Waals surface area contributed by atoms with Crippen LogP contribution in [0.5, 0.6) is 11.5 Å². The third-order valence-electron chi connectivity index (χ3n) is 2.47. The second kappa shape index (κ2) is 5.39. The number of rotatable bonds is 3. The number of Topliss-reactive ketones (excluding diaryl/α,β-unsaturated/α-hetero) is 1. The molecule has 0 unspecified atom stereocenters. The Bertz CT molecular complexity index is 596. The Labute approximate surface area is 119 Å². The highest BCUT2D eigenvalue weighted by Gasteiger charge is 2.07. The lowest BCUT2D eigenvalue weighted by molar-refractivity contribution is 0.101. The zero-order chi connectivity index (χ0) is 13.1. The Hall–Kier alpha value is -1.56. The predicted octanol–water partition coefficient (Wildman–Crippen LogP) is 3.87. The van der Waals surface area contributed by atoms with Gasteiger partial charge in [-0.25, -0.2) is 0 Å². The molecule has 2 aromatic carbocycles. The lowest BCUT2D eigenvalue weighted by atomic mass is 10.1. The number of hydrogen-bond acceptors (Lipinski definition) is 3. The van der Waals surface area contributed by atoms with Crippen molar-refractivity contribution in [2.75, 3.05) is 5.73 Å². The average Bonchev–Trinajstić information content (AvgIpc) is 2.32. The van der Waals surface area contributed by atoms with Gasteiger partial charge in [0.2, 0.25) is 0 Å². The molecule has 18 heavy (non-hydrogen) atoms. The van der Waals surface area contributed by atoms with Crippen LogP contribution < -0.4 is 10.5 Å². The fourth-order valence-corrected chi connectivity index (χ4v) is 2.08. The van der Waals surface area contributed by atoms with E-state index in [9.17, 15) is 4.79 Å². The Balaban J connectivity index is 2.29. The van der Waals surface area contributed by atoms with Gasteiger partial charge in [-0.1, -0.05) is 12.1 Å². The molecule has 92 valence electrons. The largest absolute Gasteiger partial charge is 0.456 e. The molecule has 0 fully saturated rings. The van der Waals surface area contributed by atoms with Gasteiger partial charge in [-0.15, -0.1) is 0 Å². The SMILES string of the molecule is CC(=O)c1ccc(Oc2ccccc2I)cc1N. The van der Waals surface area contributed by atoms with Crippen LogP contribution in [0.4, 0.5) is 5.69 Å².